The van der Waals surface area contributed by atoms with Gasteiger partial charge in [0, 0.05) is 4.47 Å². The number of rotatable bonds is 3. The summed E-state index contributed by atoms with van der Waals surface area (Å²) in [5.41, 5.74) is 0.270. The zero-order valence-electron chi connectivity index (χ0n) is 9.04. The average molecular weight is 457 g/mol. The van der Waals surface area contributed by atoms with E-state index in [9.17, 15) is 9.90 Å². The van der Waals surface area contributed by atoms with Crippen molar-refractivity contribution in [3.8, 4) is 5.75 Å². The van der Waals surface area contributed by atoms with Crippen LogP contribution in [-0.2, 0) is 0 Å². The summed E-state index contributed by atoms with van der Waals surface area (Å²) in [6, 6.07) is 3.22. The Labute approximate surface area is 126 Å². The van der Waals surface area contributed by atoms with E-state index in [-0.39, 0.29) is 11.3 Å². The maximum absolute atomic E-state index is 10.3. The van der Waals surface area contributed by atoms with Crippen LogP contribution in [0.3, 0.4) is 0 Å². The molecular weight excluding hydrogens is 443 g/mol. The summed E-state index contributed by atoms with van der Waals surface area (Å²) in [5.74, 6) is -0.0248. The van der Waals surface area contributed by atoms with Crippen molar-refractivity contribution in [2.75, 3.05) is 0 Å². The normalized spacial score (nSPS) is 9.25. The summed E-state index contributed by atoms with van der Waals surface area (Å²) < 4.78 is 2.74. The molecule has 0 spiro atoms. The van der Waals surface area contributed by atoms with Crippen LogP contribution in [0.15, 0.2) is 21.1 Å². The minimum absolute atomic E-state index is 0.0248. The Kier molecular flexibility index (Phi) is 9.74. The fourth-order valence-electron chi connectivity index (χ4n) is 0.880. The van der Waals surface area contributed by atoms with Crippen LogP contribution >= 0.6 is 31.9 Å². The fourth-order valence-corrected chi connectivity index (χ4v) is 3.30. The van der Waals surface area contributed by atoms with Crippen molar-refractivity contribution in [3.63, 3.8) is 0 Å². The number of phenols is 1. The van der Waals surface area contributed by atoms with Crippen LogP contribution < -0.4 is 0 Å². The van der Waals surface area contributed by atoms with Crippen molar-refractivity contribution in [1.82, 2.24) is 0 Å². The number of carbonyl (C=O) groups excluding carboxylic acids is 1. The van der Waals surface area contributed by atoms with Crippen LogP contribution in [0.4, 0.5) is 0 Å². The van der Waals surface area contributed by atoms with E-state index in [0.29, 0.717) is 10.8 Å². The number of unbranched alkanes of at least 4 members (excludes halogenated alkanes) is 1. The summed E-state index contributed by atoms with van der Waals surface area (Å²) in [6.45, 7) is 2.23. The molecule has 88 valence electrons. The Morgan fingerprint density at radius 2 is 2.06 bits per heavy atom. The molecule has 1 aromatic rings. The van der Waals surface area contributed by atoms with Gasteiger partial charge in [-0.1, -0.05) is 15.9 Å². The van der Waals surface area contributed by atoms with E-state index in [0.717, 1.165) is 4.47 Å². The number of aromatic hydroxyl groups is 1. The number of hydrogen-bond donors (Lipinski definition) is 1. The van der Waals surface area contributed by atoms with Crippen molar-refractivity contribution in [2.45, 2.75) is 24.2 Å². The van der Waals surface area contributed by atoms with Gasteiger partial charge in [-0.25, -0.2) is 0 Å². The topological polar surface area (TPSA) is 37.3 Å². The zero-order chi connectivity index (χ0) is 12.6. The molecule has 1 aromatic carbocycles. The molecule has 2 nitrogen and oxygen atoms in total. The second-order valence-corrected chi connectivity index (χ2v) is 6.50. The summed E-state index contributed by atoms with van der Waals surface area (Å²) in [5, 5.41) is 9.22. The third kappa shape index (κ3) is 6.25. The van der Waals surface area contributed by atoms with Crippen molar-refractivity contribution in [3.05, 3.63) is 26.6 Å². The minimum atomic E-state index is -0.0248. The molecule has 2 radical (unpaired) electrons. The van der Waals surface area contributed by atoms with Crippen molar-refractivity contribution >= 4 is 60.7 Å². The Morgan fingerprint density at radius 1 is 1.44 bits per heavy atom. The molecule has 0 aromatic heterocycles. The van der Waals surface area contributed by atoms with E-state index < -0.39 is 0 Å². The molecule has 0 fully saturated rings. The van der Waals surface area contributed by atoms with Crippen molar-refractivity contribution in [2.24, 2.45) is 0 Å². The summed E-state index contributed by atoms with van der Waals surface area (Å²) in [6.07, 6.45) is 3.42. The molecule has 16 heavy (non-hydrogen) atoms. The first-order valence-electron chi connectivity index (χ1n) is 4.90. The quantitative estimate of drug-likeness (QED) is 0.554. The van der Waals surface area contributed by atoms with Crippen molar-refractivity contribution < 1.29 is 9.90 Å². The van der Waals surface area contributed by atoms with E-state index in [1.807, 2.05) is 0 Å². The van der Waals surface area contributed by atoms with Gasteiger partial charge in [-0.05, 0) is 28.1 Å². The summed E-state index contributed by atoms with van der Waals surface area (Å²) in [7, 11) is 0. The Bertz CT molecular complexity index is 341. The molecule has 0 atom stereocenters. The smallest absolute Gasteiger partial charge is 0.153 e. The molecule has 1 N–H and O–H groups in total. The number of carbonyl (C=O) groups is 1. The number of hydrogen-bond acceptors (Lipinski definition) is 2. The number of benzene rings is 1. The predicted molar refractivity (Wildman–Crippen MR) is 75.8 cm³/mol. The molecule has 0 amide bonds. The van der Waals surface area contributed by atoms with Crippen LogP contribution in [0.2, 0.25) is 4.44 Å². The van der Waals surface area contributed by atoms with Gasteiger partial charge in [0.1, 0.15) is 5.75 Å². The number of halogens is 2. The van der Waals surface area contributed by atoms with Gasteiger partial charge in [0.2, 0.25) is 0 Å². The van der Waals surface area contributed by atoms with Gasteiger partial charge in [-0.3, -0.25) is 4.79 Å². The Balaban J connectivity index is 0.000000385. The maximum atomic E-state index is 10.3. The molecule has 1 rings (SSSR count). The summed E-state index contributed by atoms with van der Waals surface area (Å²) in [4.78, 5) is 10.3. The van der Waals surface area contributed by atoms with E-state index in [1.165, 1.54) is 39.8 Å². The average Bonchev–Trinajstić information content (AvgIpc) is 2.25. The molecule has 5 heteroatoms. The second-order valence-electron chi connectivity index (χ2n) is 3.09. The first-order chi connectivity index (χ1) is 7.56. The largest absolute Gasteiger partial charge is 0.506 e. The van der Waals surface area contributed by atoms with Gasteiger partial charge in [-0.15, -0.1) is 0 Å². The van der Waals surface area contributed by atoms with Gasteiger partial charge < -0.3 is 5.11 Å². The van der Waals surface area contributed by atoms with E-state index in [1.54, 1.807) is 12.1 Å². The van der Waals surface area contributed by atoms with Crippen LogP contribution in [-0.4, -0.2) is 33.9 Å². The molecular formula is C11H14Br2O2Sn. The zero-order valence-corrected chi connectivity index (χ0v) is 15.5. The van der Waals surface area contributed by atoms with E-state index in [2.05, 4.69) is 38.8 Å². The van der Waals surface area contributed by atoms with Gasteiger partial charge in [0.25, 0.3) is 0 Å². The molecule has 0 aliphatic heterocycles. The monoisotopic (exact) mass is 456 g/mol. The standard InChI is InChI=1S/C7H4Br2O2.C4H9.Sn.H/c8-5-1-4(3-10)7(11)6(9)2-5;1-3-4-2;;/h1-3,11H;1,3-4H2,2H3;;. The number of phenolic OH excluding ortho intramolecular Hbond substituents is 1. The molecule has 0 saturated carbocycles. The Hall–Kier alpha value is 0.449. The first kappa shape index (κ1) is 16.4. The van der Waals surface area contributed by atoms with Gasteiger partial charge in [0.05, 0.1) is 10.0 Å². The third-order valence-corrected chi connectivity index (χ3v) is 3.97. The molecule has 0 bridgehead atoms. The Morgan fingerprint density at radius 3 is 2.44 bits per heavy atom. The van der Waals surface area contributed by atoms with Crippen LogP contribution in [0.5, 0.6) is 5.75 Å². The third-order valence-electron chi connectivity index (χ3n) is 1.74. The van der Waals surface area contributed by atoms with E-state index in [4.69, 9.17) is 0 Å². The fraction of sp³-hybridized carbons (Fsp3) is 0.364. The van der Waals surface area contributed by atoms with Gasteiger partial charge in [0.15, 0.2) is 6.29 Å². The maximum Gasteiger partial charge on any atom is 0.153 e. The molecule has 0 saturated heterocycles. The number of aldehydes is 1. The van der Waals surface area contributed by atoms with Gasteiger partial charge >= 0.3 is 46.7 Å². The molecule has 0 aliphatic rings. The van der Waals surface area contributed by atoms with E-state index >= 15 is 0 Å². The van der Waals surface area contributed by atoms with Crippen LogP contribution in [0.1, 0.15) is 30.1 Å². The molecule has 0 heterocycles. The predicted octanol–water partition coefficient (Wildman–Crippen LogP) is 3.84. The molecule has 0 unspecified atom stereocenters. The first-order valence-corrected chi connectivity index (χ1v) is 8.81. The van der Waals surface area contributed by atoms with Crippen molar-refractivity contribution in [1.29, 1.82) is 0 Å². The van der Waals surface area contributed by atoms with Gasteiger partial charge in [-0.2, -0.15) is 0 Å². The second kappa shape index (κ2) is 9.48. The van der Waals surface area contributed by atoms with Crippen LogP contribution in [0, 0.1) is 0 Å². The SMILES string of the molecule is CCC[CH2][SnH].O=Cc1cc(Br)cc(Br)c1O. The summed E-state index contributed by atoms with van der Waals surface area (Å²) >= 11 is 7.74. The van der Waals surface area contributed by atoms with Crippen LogP contribution in [0.25, 0.3) is 0 Å². The minimum Gasteiger partial charge on any atom is -0.506 e. The molecule has 0 aliphatic carbocycles.